The maximum atomic E-state index is 10.8. The molecule has 0 amide bonds. The van der Waals surface area contributed by atoms with Crippen molar-refractivity contribution in [2.24, 2.45) is 5.92 Å². The van der Waals surface area contributed by atoms with Gasteiger partial charge in [-0.3, -0.25) is 9.59 Å². The number of carbonyl (C=O) groups excluding carboxylic acids is 1. The number of thiol groups is 1. The summed E-state index contributed by atoms with van der Waals surface area (Å²) in [6.07, 6.45) is 1.76. The second-order valence-corrected chi connectivity index (χ2v) is 3.81. The third kappa shape index (κ3) is 4.93. The number of carboxylic acids is 1. The van der Waals surface area contributed by atoms with E-state index in [2.05, 4.69) is 12.6 Å². The summed E-state index contributed by atoms with van der Waals surface area (Å²) in [6.45, 7) is 3.36. The predicted molar refractivity (Wildman–Crippen MR) is 54.1 cm³/mol. The molecular weight excluding hydrogens is 188 g/mol. The Morgan fingerprint density at radius 1 is 1.46 bits per heavy atom. The van der Waals surface area contributed by atoms with Crippen LogP contribution >= 0.6 is 12.6 Å². The molecule has 3 nitrogen and oxygen atoms in total. The number of Topliss-reactive ketones (excluding diaryl/α,β-unsaturated/α-hetero) is 1. The number of hydrogen-bond acceptors (Lipinski definition) is 3. The summed E-state index contributed by atoms with van der Waals surface area (Å²) in [7, 11) is 0. The standard InChI is InChI=1S/C9H16O3S/c1-3-4-7(9(11)12)5-8(13)6(2)10/h7-8,13H,3-5H2,1-2H3,(H,11,12)/t7-,8?/m0/s1. The van der Waals surface area contributed by atoms with Crippen LogP contribution in [0.1, 0.15) is 33.1 Å². The van der Waals surface area contributed by atoms with Gasteiger partial charge in [0.2, 0.25) is 0 Å². The Hall–Kier alpha value is -0.510. The van der Waals surface area contributed by atoms with E-state index in [-0.39, 0.29) is 5.78 Å². The van der Waals surface area contributed by atoms with Crippen LogP contribution in [0.2, 0.25) is 0 Å². The van der Waals surface area contributed by atoms with E-state index in [1.54, 1.807) is 0 Å². The molecule has 0 radical (unpaired) electrons. The number of ketones is 1. The zero-order valence-electron chi connectivity index (χ0n) is 7.99. The van der Waals surface area contributed by atoms with E-state index < -0.39 is 17.1 Å². The van der Waals surface area contributed by atoms with Gasteiger partial charge in [-0.05, 0) is 19.8 Å². The zero-order valence-corrected chi connectivity index (χ0v) is 8.88. The molecule has 0 aliphatic carbocycles. The lowest BCUT2D eigenvalue weighted by molar-refractivity contribution is -0.142. The van der Waals surface area contributed by atoms with Crippen LogP contribution in [0.3, 0.4) is 0 Å². The molecule has 0 aliphatic heterocycles. The Labute approximate surface area is 83.9 Å². The molecule has 0 saturated carbocycles. The third-order valence-electron chi connectivity index (χ3n) is 1.96. The monoisotopic (exact) mass is 204 g/mol. The van der Waals surface area contributed by atoms with Crippen molar-refractivity contribution in [2.45, 2.75) is 38.4 Å². The predicted octanol–water partition coefficient (Wildman–Crippen LogP) is 1.76. The van der Waals surface area contributed by atoms with Gasteiger partial charge in [0.05, 0.1) is 11.2 Å². The molecular formula is C9H16O3S. The Bertz CT molecular complexity index is 191. The molecule has 0 saturated heterocycles. The summed E-state index contributed by atoms with van der Waals surface area (Å²) in [6, 6.07) is 0. The van der Waals surface area contributed by atoms with Crippen molar-refractivity contribution >= 4 is 24.4 Å². The summed E-state index contributed by atoms with van der Waals surface area (Å²) in [4.78, 5) is 21.5. The van der Waals surface area contributed by atoms with Crippen LogP contribution in [-0.2, 0) is 9.59 Å². The van der Waals surface area contributed by atoms with Gasteiger partial charge >= 0.3 is 5.97 Å². The molecule has 0 heterocycles. The van der Waals surface area contributed by atoms with Gasteiger partial charge in [-0.1, -0.05) is 13.3 Å². The largest absolute Gasteiger partial charge is 0.481 e. The molecule has 2 atom stereocenters. The summed E-state index contributed by atoms with van der Waals surface area (Å²) >= 11 is 4.04. The van der Waals surface area contributed by atoms with E-state index in [0.717, 1.165) is 6.42 Å². The van der Waals surface area contributed by atoms with Gasteiger partial charge in [-0.2, -0.15) is 12.6 Å². The highest BCUT2D eigenvalue weighted by Crippen LogP contribution is 2.17. The van der Waals surface area contributed by atoms with Crippen molar-refractivity contribution in [3.05, 3.63) is 0 Å². The summed E-state index contributed by atoms with van der Waals surface area (Å²) in [5.41, 5.74) is 0. The molecule has 0 aromatic heterocycles. The summed E-state index contributed by atoms with van der Waals surface area (Å²) < 4.78 is 0. The van der Waals surface area contributed by atoms with E-state index in [1.165, 1.54) is 6.92 Å². The maximum Gasteiger partial charge on any atom is 0.306 e. The van der Waals surface area contributed by atoms with Gasteiger partial charge in [-0.25, -0.2) is 0 Å². The minimum Gasteiger partial charge on any atom is -0.481 e. The fourth-order valence-electron chi connectivity index (χ4n) is 1.13. The molecule has 0 aliphatic rings. The van der Waals surface area contributed by atoms with Crippen LogP contribution in [-0.4, -0.2) is 22.1 Å². The smallest absolute Gasteiger partial charge is 0.306 e. The molecule has 0 rings (SSSR count). The Balaban J connectivity index is 4.09. The molecule has 0 bridgehead atoms. The van der Waals surface area contributed by atoms with Crippen molar-refractivity contribution < 1.29 is 14.7 Å². The highest BCUT2D eigenvalue weighted by Gasteiger charge is 2.21. The van der Waals surface area contributed by atoms with Crippen LogP contribution in [0.5, 0.6) is 0 Å². The highest BCUT2D eigenvalue weighted by atomic mass is 32.1. The van der Waals surface area contributed by atoms with Crippen molar-refractivity contribution in [1.82, 2.24) is 0 Å². The van der Waals surface area contributed by atoms with Gasteiger partial charge < -0.3 is 5.11 Å². The molecule has 1 unspecified atom stereocenters. The van der Waals surface area contributed by atoms with Gasteiger partial charge in [-0.15, -0.1) is 0 Å². The fraction of sp³-hybridized carbons (Fsp3) is 0.778. The molecule has 0 aromatic rings. The van der Waals surface area contributed by atoms with Crippen LogP contribution in [0.25, 0.3) is 0 Å². The number of carbonyl (C=O) groups is 2. The number of rotatable bonds is 6. The lowest BCUT2D eigenvalue weighted by atomic mass is 9.97. The average molecular weight is 204 g/mol. The van der Waals surface area contributed by atoms with Gasteiger partial charge in [0, 0.05) is 0 Å². The quantitative estimate of drug-likeness (QED) is 0.648. The van der Waals surface area contributed by atoms with E-state index in [0.29, 0.717) is 12.8 Å². The normalized spacial score (nSPS) is 15.0. The number of carboxylic acid groups (broad SMARTS) is 1. The highest BCUT2D eigenvalue weighted by molar-refractivity contribution is 7.81. The van der Waals surface area contributed by atoms with E-state index in [9.17, 15) is 9.59 Å². The summed E-state index contributed by atoms with van der Waals surface area (Å²) in [5.74, 6) is -1.33. The topological polar surface area (TPSA) is 54.4 Å². The average Bonchev–Trinajstić information content (AvgIpc) is 2.03. The third-order valence-corrected chi connectivity index (χ3v) is 2.54. The first kappa shape index (κ1) is 12.5. The van der Waals surface area contributed by atoms with Gasteiger partial charge in [0.1, 0.15) is 5.78 Å². The molecule has 4 heteroatoms. The van der Waals surface area contributed by atoms with Crippen molar-refractivity contribution in [3.63, 3.8) is 0 Å². The van der Waals surface area contributed by atoms with E-state index in [4.69, 9.17) is 5.11 Å². The SMILES string of the molecule is CCC[C@@H](CC(S)C(C)=O)C(=O)O. The molecule has 0 spiro atoms. The molecule has 13 heavy (non-hydrogen) atoms. The first-order valence-corrected chi connectivity index (χ1v) is 4.92. The van der Waals surface area contributed by atoms with Crippen LogP contribution < -0.4 is 0 Å². The van der Waals surface area contributed by atoms with E-state index >= 15 is 0 Å². The Morgan fingerprint density at radius 2 is 2.00 bits per heavy atom. The number of hydrogen-bond donors (Lipinski definition) is 2. The van der Waals surface area contributed by atoms with Crippen LogP contribution in [0, 0.1) is 5.92 Å². The zero-order chi connectivity index (χ0) is 10.4. The second kappa shape index (κ2) is 6.02. The Kier molecular flexibility index (Phi) is 5.79. The summed E-state index contributed by atoms with van der Waals surface area (Å²) in [5, 5.41) is 8.35. The van der Waals surface area contributed by atoms with Gasteiger partial charge in [0.25, 0.3) is 0 Å². The minimum atomic E-state index is -0.831. The molecule has 76 valence electrons. The molecule has 1 N–H and O–H groups in total. The van der Waals surface area contributed by atoms with Crippen molar-refractivity contribution in [1.29, 1.82) is 0 Å². The minimum absolute atomic E-state index is 0.0642. The first-order valence-electron chi connectivity index (χ1n) is 4.40. The first-order chi connectivity index (χ1) is 5.99. The second-order valence-electron chi connectivity index (χ2n) is 3.19. The van der Waals surface area contributed by atoms with Gasteiger partial charge in [0.15, 0.2) is 0 Å². The number of aliphatic carboxylic acids is 1. The van der Waals surface area contributed by atoms with E-state index in [1.807, 2.05) is 6.92 Å². The maximum absolute atomic E-state index is 10.8. The lowest BCUT2D eigenvalue weighted by Crippen LogP contribution is -2.21. The molecule has 0 fully saturated rings. The Morgan fingerprint density at radius 3 is 2.31 bits per heavy atom. The van der Waals surface area contributed by atoms with Crippen LogP contribution in [0.15, 0.2) is 0 Å². The van der Waals surface area contributed by atoms with Crippen LogP contribution in [0.4, 0.5) is 0 Å². The van der Waals surface area contributed by atoms with Crippen molar-refractivity contribution in [3.8, 4) is 0 Å². The fourth-order valence-corrected chi connectivity index (χ4v) is 1.38. The lowest BCUT2D eigenvalue weighted by Gasteiger charge is -2.13. The molecule has 0 aromatic carbocycles. The van der Waals surface area contributed by atoms with Crippen molar-refractivity contribution in [2.75, 3.05) is 0 Å².